The number of rotatable bonds is 12. The molecule has 3 heterocycles. The van der Waals surface area contributed by atoms with Crippen molar-refractivity contribution >= 4 is 31.9 Å². The van der Waals surface area contributed by atoms with Crippen LogP contribution < -0.4 is 5.32 Å². The summed E-state index contributed by atoms with van der Waals surface area (Å²) in [4.78, 5) is 34.0. The molecular formula is C27H48N5O7P. The second kappa shape index (κ2) is 16.0. The molecule has 1 aromatic rings. The number of methoxy groups -OCH3 is 1. The van der Waals surface area contributed by atoms with Gasteiger partial charge in [-0.1, -0.05) is 27.2 Å². The van der Waals surface area contributed by atoms with Gasteiger partial charge in [-0.05, 0) is 41.0 Å². The number of aliphatic imine (C=N–C) groups is 1. The molecule has 1 aromatic heterocycles. The summed E-state index contributed by atoms with van der Waals surface area (Å²) < 4.78 is 42.9. The molecule has 13 heteroatoms. The van der Waals surface area contributed by atoms with E-state index in [1.54, 1.807) is 25.5 Å². The first-order chi connectivity index (χ1) is 19.9. The molecule has 0 aliphatic carbocycles. The van der Waals surface area contributed by atoms with E-state index in [1.165, 1.54) is 13.4 Å². The van der Waals surface area contributed by atoms with E-state index in [-0.39, 0.29) is 60.4 Å². The predicted molar refractivity (Wildman–Crippen MR) is 155 cm³/mol. The molecule has 40 heavy (non-hydrogen) atoms. The molecule has 3 rings (SSSR count). The van der Waals surface area contributed by atoms with Gasteiger partial charge in [-0.2, -0.15) is 0 Å². The van der Waals surface area contributed by atoms with Crippen LogP contribution >= 0.6 is 8.53 Å². The Morgan fingerprint density at radius 1 is 1.35 bits per heavy atom. The number of aliphatic hydroxyl groups is 1. The molecule has 5 atom stereocenters. The number of hydrogen-bond donors (Lipinski definition) is 2. The summed E-state index contributed by atoms with van der Waals surface area (Å²) in [5.74, 6) is -0.170. The van der Waals surface area contributed by atoms with Crippen molar-refractivity contribution in [2.45, 2.75) is 111 Å². The number of carbonyl (C=O) groups is 2. The highest BCUT2D eigenvalue weighted by molar-refractivity contribution is 7.44. The summed E-state index contributed by atoms with van der Waals surface area (Å²) >= 11 is 0. The van der Waals surface area contributed by atoms with Gasteiger partial charge in [0.15, 0.2) is 23.5 Å². The maximum atomic E-state index is 12.8. The van der Waals surface area contributed by atoms with E-state index in [0.717, 1.165) is 12.8 Å². The van der Waals surface area contributed by atoms with E-state index in [9.17, 15) is 9.59 Å². The summed E-state index contributed by atoms with van der Waals surface area (Å²) in [6.07, 6.45) is 0.782. The van der Waals surface area contributed by atoms with E-state index in [0.29, 0.717) is 6.61 Å². The van der Waals surface area contributed by atoms with E-state index >= 15 is 0 Å². The summed E-state index contributed by atoms with van der Waals surface area (Å²) in [7, 11) is 1.39. The molecule has 1 saturated heterocycles. The molecule has 1 amide bonds. The molecule has 2 N–H and O–H groups in total. The smallest absolute Gasteiger partial charge is 0.259 e. The number of hydrogen-bond acceptors (Lipinski definition) is 10. The molecule has 2 aliphatic heterocycles. The molecule has 0 radical (unpaired) electrons. The number of carbonyl (C=O) groups excluding carboxylic acids is 2. The summed E-state index contributed by atoms with van der Waals surface area (Å²) in [5.41, 5.74) is 0.207. The molecule has 1 fully saturated rings. The molecule has 0 bridgehead atoms. The number of unbranched alkanes of at least 4 members (excludes halogenated alkanes) is 1. The van der Waals surface area contributed by atoms with E-state index in [2.05, 4.69) is 59.7 Å². The number of aromatic nitrogens is 2. The molecule has 0 saturated carbocycles. The Morgan fingerprint density at radius 2 is 2.02 bits per heavy atom. The van der Waals surface area contributed by atoms with Crippen molar-refractivity contribution in [3.05, 3.63) is 12.0 Å². The number of amides is 1. The Bertz CT molecular complexity index is 1030. The lowest BCUT2D eigenvalue weighted by Crippen LogP contribution is -2.39. The lowest BCUT2D eigenvalue weighted by Gasteiger charge is -2.38. The number of imidazole rings is 1. The van der Waals surface area contributed by atoms with Crippen LogP contribution in [0.25, 0.3) is 0 Å². The van der Waals surface area contributed by atoms with Crippen LogP contribution in [-0.2, 0) is 23.3 Å². The average Bonchev–Trinajstić information content (AvgIpc) is 3.49. The van der Waals surface area contributed by atoms with Gasteiger partial charge in [-0.15, -0.1) is 0 Å². The molecular weight excluding hydrogens is 537 g/mol. The minimum Gasteiger partial charge on any atom is -0.400 e. The van der Waals surface area contributed by atoms with Gasteiger partial charge in [0.2, 0.25) is 7.34 Å². The normalized spacial score (nSPS) is 24.0. The van der Waals surface area contributed by atoms with Crippen LogP contribution in [0.3, 0.4) is 0 Å². The molecule has 0 aromatic carbocycles. The third-order valence-electron chi connectivity index (χ3n) is 6.38. The first kappa shape index (κ1) is 31.2. The number of nitrogens with zero attached hydrogens (tertiary/aromatic N) is 4. The van der Waals surface area contributed by atoms with Gasteiger partial charge in [-0.3, -0.25) is 14.2 Å². The highest BCUT2D eigenvalue weighted by Crippen LogP contribution is 2.50. The highest BCUT2D eigenvalue weighted by Gasteiger charge is 2.48. The van der Waals surface area contributed by atoms with E-state index in [1.807, 2.05) is 0 Å². The summed E-state index contributed by atoms with van der Waals surface area (Å²) in [6, 6.07) is 0.346. The monoisotopic (exact) mass is 588 g/mol. The number of Topliss-reactive ketones (excluding diaryl/α,β-unsaturated/α-hetero) is 1. The Hall–Kier alpha value is -1.79. The van der Waals surface area contributed by atoms with Crippen LogP contribution in [0.1, 0.15) is 92.7 Å². The van der Waals surface area contributed by atoms with Crippen molar-refractivity contribution in [3.8, 4) is 0 Å². The second-order valence-electron chi connectivity index (χ2n) is 10.5. The molecule has 12 nitrogen and oxygen atoms in total. The molecule has 5 unspecified atom stereocenters. The summed E-state index contributed by atoms with van der Waals surface area (Å²) in [6.45, 7) is 14.6. The zero-order valence-electron chi connectivity index (χ0n) is 27.2. The van der Waals surface area contributed by atoms with Crippen molar-refractivity contribution < 1.29 is 34.6 Å². The third-order valence-corrected chi connectivity index (χ3v) is 8.51. The zero-order chi connectivity index (χ0) is 31.6. The number of ether oxygens (including phenoxy) is 2. The fourth-order valence-electron chi connectivity index (χ4n) is 4.44. The molecule has 2 aliphatic rings. The van der Waals surface area contributed by atoms with E-state index in [4.69, 9.17) is 21.3 Å². The van der Waals surface area contributed by atoms with Gasteiger partial charge < -0.3 is 28.9 Å². The summed E-state index contributed by atoms with van der Waals surface area (Å²) in [5, 5.41) is 6.24. The second-order valence-corrected chi connectivity index (χ2v) is 11.9. The first-order valence-electron chi connectivity index (χ1n) is 14.9. The van der Waals surface area contributed by atoms with Gasteiger partial charge >= 0.3 is 0 Å². The fourth-order valence-corrected chi connectivity index (χ4v) is 6.24. The van der Waals surface area contributed by atoms with Crippen LogP contribution in [0.4, 0.5) is 5.82 Å². The Labute approximate surface area is 242 Å². The Kier molecular flexibility index (Phi) is 12.5. The van der Waals surface area contributed by atoms with Crippen molar-refractivity contribution in [1.82, 2.24) is 19.5 Å². The van der Waals surface area contributed by atoms with Crippen molar-refractivity contribution in [3.63, 3.8) is 0 Å². The number of amidine groups is 1. The van der Waals surface area contributed by atoms with Crippen molar-refractivity contribution in [2.24, 2.45) is 10.9 Å². The quantitative estimate of drug-likeness (QED) is 0.270. The third kappa shape index (κ3) is 8.15. The average molecular weight is 589 g/mol. The number of nitrogens with one attached hydrogen (secondary N) is 1. The van der Waals surface area contributed by atoms with Crippen LogP contribution in [0.5, 0.6) is 0 Å². The van der Waals surface area contributed by atoms with Gasteiger partial charge in [0.25, 0.3) is 8.53 Å². The standard InChI is InChI=1S/C26H44N5O6P.CH4O/c1-10-11-12-35-38(31(16(4)5)17(6)7)37-22-18(8)36-26(23(22)34-9)30-14-27-21-19(32)13-20(28-24(21)30)29-25(33)15(2)3;1-2/h14-18,22-23,26H,10-13H2,1-9H3,(H,28,29,33);2H,1H3/i8D;2T. The van der Waals surface area contributed by atoms with Gasteiger partial charge in [0.1, 0.15) is 18.0 Å². The minimum absolute atomic E-state index is 0.0393. The van der Waals surface area contributed by atoms with Gasteiger partial charge in [-0.25, -0.2) is 14.6 Å². The molecule has 228 valence electrons. The fraction of sp³-hybridized carbons (Fsp3) is 0.778. The minimum atomic E-state index is -1.47. The Balaban J connectivity index is 0.00000197. The first-order valence-corrected chi connectivity index (χ1v) is 14.9. The topological polar surface area (TPSA) is 137 Å². The van der Waals surface area contributed by atoms with Crippen LogP contribution in [0, 0.1) is 5.92 Å². The van der Waals surface area contributed by atoms with Crippen LogP contribution in [-0.4, -0.2) is 89.5 Å². The maximum absolute atomic E-state index is 12.8. The van der Waals surface area contributed by atoms with Crippen LogP contribution in [0.15, 0.2) is 11.3 Å². The number of ketones is 1. The highest BCUT2D eigenvalue weighted by atomic mass is 31.2. The van der Waals surface area contributed by atoms with E-state index < -0.39 is 33.1 Å². The van der Waals surface area contributed by atoms with Crippen molar-refractivity contribution in [2.75, 3.05) is 20.8 Å². The molecule has 0 spiro atoms. The lowest BCUT2D eigenvalue weighted by atomic mass is 10.1. The van der Waals surface area contributed by atoms with Gasteiger partial charge in [0.05, 0.1) is 25.5 Å². The maximum Gasteiger partial charge on any atom is 0.259 e. The SMILES string of the molecule is [2H]CC1OC(n2cnc3c2N=C(NC(=O)C(C)C)CC3=O)C(OC)C1OP(OCCCC)N(C(C)C)C(C)C.[3H]OC. The number of aliphatic hydroxyl groups excluding tert-OH is 1. The van der Waals surface area contributed by atoms with Crippen LogP contribution in [0.2, 0.25) is 0 Å². The lowest BCUT2D eigenvalue weighted by molar-refractivity contribution is -0.122. The largest absolute Gasteiger partial charge is 0.400 e. The Morgan fingerprint density at radius 3 is 2.58 bits per heavy atom. The zero-order valence-corrected chi connectivity index (χ0v) is 26.1. The van der Waals surface area contributed by atoms with Gasteiger partial charge in [0, 0.05) is 33.6 Å². The predicted octanol–water partition coefficient (Wildman–Crippen LogP) is 4.36. The number of fused-ring (bicyclic) bond motifs is 1. The van der Waals surface area contributed by atoms with Crippen molar-refractivity contribution in [1.29, 1.82) is 1.43 Å².